The van der Waals surface area contributed by atoms with Gasteiger partial charge in [-0.1, -0.05) is 12.1 Å². The van der Waals surface area contributed by atoms with Crippen LogP contribution < -0.4 is 11.1 Å². The van der Waals surface area contributed by atoms with Gasteiger partial charge >= 0.3 is 5.97 Å². The van der Waals surface area contributed by atoms with Crippen LogP contribution in [0.2, 0.25) is 0 Å². The van der Waals surface area contributed by atoms with Crippen LogP contribution in [0, 0.1) is 35.5 Å². The zero-order valence-electron chi connectivity index (χ0n) is 17.4. The lowest BCUT2D eigenvalue weighted by Crippen LogP contribution is -2.58. The molecule has 4 unspecified atom stereocenters. The third-order valence-electron chi connectivity index (χ3n) is 7.04. The molecule has 2 heterocycles. The van der Waals surface area contributed by atoms with Gasteiger partial charge in [0.05, 0.1) is 17.6 Å². The highest BCUT2D eigenvalue weighted by atomic mass is 16.4. The van der Waals surface area contributed by atoms with Gasteiger partial charge in [-0.25, -0.2) is 0 Å². The number of aliphatic carboxylic acids is 1. The van der Waals surface area contributed by atoms with E-state index in [-0.39, 0.29) is 11.8 Å². The Bertz CT molecular complexity index is 1030. The highest BCUT2D eigenvalue weighted by Gasteiger charge is 2.62. The minimum absolute atomic E-state index is 0.217. The molecule has 2 amide bonds. The maximum absolute atomic E-state index is 13.2. The zero-order valence-corrected chi connectivity index (χ0v) is 17.4. The highest BCUT2D eigenvalue weighted by molar-refractivity contribution is 5.89. The molecular formula is C23H26N4O4. The number of hydrogen-bond donors (Lipinski definition) is 3. The van der Waals surface area contributed by atoms with Crippen LogP contribution in [0.1, 0.15) is 36.0 Å². The van der Waals surface area contributed by atoms with Crippen molar-refractivity contribution < 1.29 is 19.5 Å². The number of nitriles is 1. The molecule has 1 saturated heterocycles. The lowest BCUT2D eigenvalue weighted by molar-refractivity contribution is -0.150. The summed E-state index contributed by atoms with van der Waals surface area (Å²) in [4.78, 5) is 38.3. The zero-order chi connectivity index (χ0) is 22.3. The van der Waals surface area contributed by atoms with Crippen molar-refractivity contribution in [3.63, 3.8) is 0 Å². The molecule has 1 saturated carbocycles. The molecule has 4 atom stereocenters. The predicted octanol–water partition coefficient (Wildman–Crippen LogP) is 1.04. The number of nitrogens with one attached hydrogen (secondary N) is 1. The number of benzene rings is 1. The second-order valence-electron chi connectivity index (χ2n) is 8.93. The van der Waals surface area contributed by atoms with Crippen LogP contribution in [0.3, 0.4) is 0 Å². The number of carbonyl (C=O) groups is 3. The lowest BCUT2D eigenvalue weighted by atomic mass is 9.80. The lowest BCUT2D eigenvalue weighted by Gasteiger charge is -2.38. The Hall–Kier alpha value is -3.18. The van der Waals surface area contributed by atoms with Crippen LogP contribution in [0.25, 0.3) is 5.57 Å². The van der Waals surface area contributed by atoms with Crippen LogP contribution in [-0.2, 0) is 14.4 Å². The minimum atomic E-state index is -1.03. The van der Waals surface area contributed by atoms with Gasteiger partial charge in [0.1, 0.15) is 6.04 Å². The predicted molar refractivity (Wildman–Crippen MR) is 112 cm³/mol. The van der Waals surface area contributed by atoms with Crippen LogP contribution in [0.15, 0.2) is 24.3 Å². The Kier molecular flexibility index (Phi) is 5.31. The first-order valence-electron chi connectivity index (χ1n) is 10.5. The second-order valence-corrected chi connectivity index (χ2v) is 8.93. The fourth-order valence-electron chi connectivity index (χ4n) is 5.15. The monoisotopic (exact) mass is 422 g/mol. The van der Waals surface area contributed by atoms with E-state index < -0.39 is 29.3 Å². The molecule has 0 radical (unpaired) electrons. The van der Waals surface area contributed by atoms with Crippen molar-refractivity contribution in [3.05, 3.63) is 41.0 Å². The van der Waals surface area contributed by atoms with Crippen molar-refractivity contribution in [2.45, 2.75) is 32.2 Å². The number of carboxylic acid groups (broad SMARTS) is 1. The number of rotatable bonds is 4. The van der Waals surface area contributed by atoms with E-state index in [1.54, 1.807) is 11.0 Å². The van der Waals surface area contributed by atoms with Crippen molar-refractivity contribution in [3.8, 4) is 6.07 Å². The average Bonchev–Trinajstić information content (AvgIpc) is 3.46. The van der Waals surface area contributed by atoms with Crippen LogP contribution in [0.5, 0.6) is 0 Å². The molecule has 0 bridgehead atoms. The fourth-order valence-corrected chi connectivity index (χ4v) is 5.15. The summed E-state index contributed by atoms with van der Waals surface area (Å²) in [5, 5.41) is 21.9. The van der Waals surface area contributed by atoms with Crippen molar-refractivity contribution in [2.75, 3.05) is 19.6 Å². The maximum atomic E-state index is 13.2. The van der Waals surface area contributed by atoms with Crippen LogP contribution in [-0.4, -0.2) is 53.5 Å². The molecule has 8 nitrogen and oxygen atoms in total. The van der Waals surface area contributed by atoms with Gasteiger partial charge in [0, 0.05) is 25.6 Å². The van der Waals surface area contributed by atoms with Crippen LogP contribution in [0.4, 0.5) is 0 Å². The van der Waals surface area contributed by atoms with E-state index in [2.05, 4.69) is 11.4 Å². The minimum Gasteiger partial charge on any atom is -0.481 e. The smallest absolute Gasteiger partial charge is 0.308 e. The van der Waals surface area contributed by atoms with Crippen molar-refractivity contribution in [1.29, 1.82) is 5.26 Å². The van der Waals surface area contributed by atoms with Crippen molar-refractivity contribution in [2.24, 2.45) is 23.0 Å². The third kappa shape index (κ3) is 3.81. The molecule has 0 aromatic heterocycles. The Balaban J connectivity index is 1.45. The number of aryl methyl sites for hydroxylation is 1. The number of primary amides is 1. The quantitative estimate of drug-likeness (QED) is 0.663. The van der Waals surface area contributed by atoms with Gasteiger partial charge in [-0.15, -0.1) is 0 Å². The van der Waals surface area contributed by atoms with Crippen LogP contribution >= 0.6 is 0 Å². The molecule has 4 N–H and O–H groups in total. The molecular weight excluding hydrogens is 396 g/mol. The molecule has 3 aliphatic rings. The van der Waals surface area contributed by atoms with Crippen molar-refractivity contribution in [1.82, 2.24) is 10.2 Å². The first-order valence-corrected chi connectivity index (χ1v) is 10.5. The van der Waals surface area contributed by atoms with Gasteiger partial charge in [0.2, 0.25) is 11.8 Å². The average molecular weight is 422 g/mol. The van der Waals surface area contributed by atoms with E-state index >= 15 is 0 Å². The first-order chi connectivity index (χ1) is 14.8. The number of nitrogens with zero attached hydrogens (tertiary/aromatic N) is 2. The Morgan fingerprint density at radius 3 is 2.65 bits per heavy atom. The fraction of sp³-hybridized carbons (Fsp3) is 0.478. The first kappa shape index (κ1) is 21.1. The molecule has 31 heavy (non-hydrogen) atoms. The largest absolute Gasteiger partial charge is 0.481 e. The molecule has 8 heteroatoms. The van der Waals surface area contributed by atoms with Gasteiger partial charge in [0.25, 0.3) is 0 Å². The Labute approximate surface area is 180 Å². The summed E-state index contributed by atoms with van der Waals surface area (Å²) in [5.41, 5.74) is 8.81. The molecule has 162 valence electrons. The summed E-state index contributed by atoms with van der Waals surface area (Å²) >= 11 is 0. The number of piperidine rings is 1. The van der Waals surface area contributed by atoms with Crippen molar-refractivity contribution >= 4 is 23.4 Å². The molecule has 2 aliphatic heterocycles. The highest BCUT2D eigenvalue weighted by Crippen LogP contribution is 2.58. The second kappa shape index (κ2) is 7.82. The van der Waals surface area contributed by atoms with Gasteiger partial charge < -0.3 is 21.1 Å². The summed E-state index contributed by atoms with van der Waals surface area (Å²) in [7, 11) is 0. The topological polar surface area (TPSA) is 137 Å². The SMILES string of the molecule is Cc1cc(C#N)ccc1C1=CCN(C(=O)C2NCC3(CC2C(=O)O)CC3C(N)=O)CC1. The number of hydrogen-bond acceptors (Lipinski definition) is 5. The maximum Gasteiger partial charge on any atom is 0.308 e. The molecule has 1 aromatic rings. The van der Waals surface area contributed by atoms with E-state index in [0.717, 1.165) is 16.7 Å². The summed E-state index contributed by atoms with van der Waals surface area (Å²) in [6, 6.07) is 6.91. The van der Waals surface area contributed by atoms with Gasteiger partial charge in [0.15, 0.2) is 0 Å². The van der Waals surface area contributed by atoms with E-state index in [9.17, 15) is 19.5 Å². The molecule has 4 rings (SSSR count). The normalized spacial score (nSPS) is 29.7. The van der Waals surface area contributed by atoms with Gasteiger partial charge in [-0.05, 0) is 60.4 Å². The van der Waals surface area contributed by atoms with E-state index in [4.69, 9.17) is 11.0 Å². The summed E-state index contributed by atoms with van der Waals surface area (Å²) in [6.45, 7) is 3.31. The van der Waals surface area contributed by atoms with Gasteiger partial charge in [-0.3, -0.25) is 14.4 Å². The molecule has 1 aliphatic carbocycles. The summed E-state index contributed by atoms with van der Waals surface area (Å²) < 4.78 is 0. The van der Waals surface area contributed by atoms with E-state index in [0.29, 0.717) is 44.5 Å². The van der Waals surface area contributed by atoms with E-state index in [1.165, 1.54) is 0 Å². The Morgan fingerprint density at radius 2 is 2.10 bits per heavy atom. The molecule has 1 aromatic carbocycles. The van der Waals surface area contributed by atoms with Gasteiger partial charge in [-0.2, -0.15) is 5.26 Å². The summed E-state index contributed by atoms with van der Waals surface area (Å²) in [5.74, 6) is -2.83. The molecule has 1 spiro atoms. The Morgan fingerprint density at radius 1 is 1.32 bits per heavy atom. The standard InChI is InChI=1S/C23H26N4O4/c1-13-8-14(11-24)2-3-16(13)15-4-6-27(7-5-15)21(29)19-17(22(30)31)9-23(12-26-19)10-18(23)20(25)28/h2-4,8,17-19,26H,5-7,9-10,12H2,1H3,(H2,25,28)(H,30,31). The van der Waals surface area contributed by atoms with E-state index in [1.807, 2.05) is 25.1 Å². The number of carbonyl (C=O) groups excluding carboxylic acids is 2. The molecule has 2 fully saturated rings. The number of nitrogens with two attached hydrogens (primary N) is 1. The third-order valence-corrected chi connectivity index (χ3v) is 7.04. The summed E-state index contributed by atoms with van der Waals surface area (Å²) in [6.07, 6.45) is 3.54. The number of amides is 2. The number of carboxylic acids is 1.